The van der Waals surface area contributed by atoms with Gasteiger partial charge in [-0.3, -0.25) is 4.79 Å². The lowest BCUT2D eigenvalue weighted by Crippen LogP contribution is -2.35. The highest BCUT2D eigenvalue weighted by Crippen LogP contribution is 2.68. The van der Waals surface area contributed by atoms with Gasteiger partial charge in [0.25, 0.3) is 0 Å². The molecule has 0 aromatic carbocycles. The first kappa shape index (κ1) is 15.3. The Morgan fingerprint density at radius 1 is 1.40 bits per heavy atom. The first-order chi connectivity index (χ1) is 8.98. The van der Waals surface area contributed by atoms with Crippen molar-refractivity contribution in [1.82, 2.24) is 0 Å². The van der Waals surface area contributed by atoms with Crippen LogP contribution in [0.3, 0.4) is 0 Å². The monoisotopic (exact) mass is 282 g/mol. The third-order valence-electron chi connectivity index (χ3n) is 4.61. The van der Waals surface area contributed by atoms with Crippen LogP contribution in [0.5, 0.6) is 0 Å². The van der Waals surface area contributed by atoms with Crippen molar-refractivity contribution in [3.8, 4) is 0 Å². The molecule has 1 aliphatic heterocycles. The molecule has 0 N–H and O–H groups in total. The minimum Gasteiger partial charge on any atom is -0.462 e. The van der Waals surface area contributed by atoms with E-state index in [1.807, 2.05) is 6.92 Å². The molecule has 3 unspecified atom stereocenters. The summed E-state index contributed by atoms with van der Waals surface area (Å²) in [7, 11) is 0. The van der Waals surface area contributed by atoms with Crippen LogP contribution in [0, 0.1) is 22.2 Å². The third-order valence-corrected chi connectivity index (χ3v) is 4.61. The second kappa shape index (κ2) is 4.47. The molecular weight excluding hydrogens is 256 g/mol. The highest BCUT2D eigenvalue weighted by Gasteiger charge is 2.68. The lowest BCUT2D eigenvalue weighted by molar-refractivity contribution is -0.167. The average Bonchev–Trinajstić information content (AvgIpc) is 2.67. The van der Waals surface area contributed by atoms with Gasteiger partial charge in [0.1, 0.15) is 0 Å². The molecule has 3 atom stereocenters. The molecule has 2 rings (SSSR count). The second-order valence-corrected chi connectivity index (χ2v) is 8.31. The van der Waals surface area contributed by atoms with E-state index in [0.717, 1.165) is 12.8 Å². The van der Waals surface area contributed by atoms with E-state index < -0.39 is 17.5 Å². The van der Waals surface area contributed by atoms with E-state index in [1.54, 1.807) is 0 Å². The molecule has 0 aromatic heterocycles. The maximum atomic E-state index is 12.6. The van der Waals surface area contributed by atoms with Crippen molar-refractivity contribution in [3.63, 3.8) is 0 Å². The molecule has 1 saturated carbocycles. The van der Waals surface area contributed by atoms with Crippen molar-refractivity contribution in [3.05, 3.63) is 0 Å². The van der Waals surface area contributed by atoms with E-state index in [0.29, 0.717) is 6.61 Å². The minimum atomic E-state index is -0.726. The molecule has 114 valence electrons. The van der Waals surface area contributed by atoms with Gasteiger partial charge in [0.15, 0.2) is 0 Å². The van der Waals surface area contributed by atoms with Crippen molar-refractivity contribution < 1.29 is 19.1 Å². The number of carbonyl (C=O) groups is 2. The van der Waals surface area contributed by atoms with E-state index in [1.165, 1.54) is 0 Å². The Bertz CT molecular complexity index is 432. The number of rotatable bonds is 3. The first-order valence-electron chi connectivity index (χ1n) is 7.36. The summed E-state index contributed by atoms with van der Waals surface area (Å²) in [6.07, 6.45) is 0.879. The van der Waals surface area contributed by atoms with E-state index in [9.17, 15) is 9.59 Å². The Morgan fingerprint density at radius 2 is 1.95 bits per heavy atom. The fourth-order valence-electron chi connectivity index (χ4n) is 3.35. The fraction of sp³-hybridized carbons (Fsp3) is 0.875. The largest absolute Gasteiger partial charge is 0.462 e. The summed E-state index contributed by atoms with van der Waals surface area (Å²) in [5.74, 6) is -0.691. The molecule has 4 heteroatoms. The fourth-order valence-corrected chi connectivity index (χ4v) is 3.35. The van der Waals surface area contributed by atoms with E-state index >= 15 is 0 Å². The predicted octanol–water partition coefficient (Wildman–Crippen LogP) is 2.94. The van der Waals surface area contributed by atoms with Gasteiger partial charge in [-0.15, -0.1) is 0 Å². The molecule has 0 spiro atoms. The molecular formula is C16H26O4. The highest BCUT2D eigenvalue weighted by molar-refractivity contribution is 5.86. The lowest BCUT2D eigenvalue weighted by atomic mass is 9.79. The van der Waals surface area contributed by atoms with Gasteiger partial charge < -0.3 is 9.47 Å². The van der Waals surface area contributed by atoms with Crippen LogP contribution in [0.15, 0.2) is 0 Å². The quantitative estimate of drug-likeness (QED) is 0.747. The Labute approximate surface area is 121 Å². The standard InChI is InChI=1S/C16H26O4/c1-10-7-19-12(17)11(10)20-13(18)16(8-14(2,3)4)9-15(16,5)6/h10-11H,7-9H2,1-6H3. The molecule has 20 heavy (non-hydrogen) atoms. The zero-order chi connectivity index (χ0) is 15.3. The van der Waals surface area contributed by atoms with Gasteiger partial charge in [0, 0.05) is 5.92 Å². The highest BCUT2D eigenvalue weighted by atomic mass is 16.6. The summed E-state index contributed by atoms with van der Waals surface area (Å²) in [5, 5.41) is 0. The number of carbonyl (C=O) groups excluding carboxylic acids is 2. The number of esters is 2. The van der Waals surface area contributed by atoms with Crippen molar-refractivity contribution in [2.75, 3.05) is 6.61 Å². The van der Waals surface area contributed by atoms with Crippen LogP contribution < -0.4 is 0 Å². The van der Waals surface area contributed by atoms with Crippen molar-refractivity contribution in [2.24, 2.45) is 22.2 Å². The number of cyclic esters (lactones) is 1. The van der Waals surface area contributed by atoms with Crippen molar-refractivity contribution >= 4 is 11.9 Å². The van der Waals surface area contributed by atoms with Gasteiger partial charge in [0.05, 0.1) is 12.0 Å². The average molecular weight is 282 g/mol. The normalized spacial score (nSPS) is 35.6. The summed E-state index contributed by atoms with van der Waals surface area (Å²) >= 11 is 0. The van der Waals surface area contributed by atoms with Crippen LogP contribution in [0.4, 0.5) is 0 Å². The summed E-state index contributed by atoms with van der Waals surface area (Å²) in [6.45, 7) is 12.8. The zero-order valence-electron chi connectivity index (χ0n) is 13.4. The minimum absolute atomic E-state index is 0.0502. The summed E-state index contributed by atoms with van der Waals surface area (Å²) < 4.78 is 10.5. The summed E-state index contributed by atoms with van der Waals surface area (Å²) in [5.41, 5.74) is -0.453. The predicted molar refractivity (Wildman–Crippen MR) is 74.9 cm³/mol. The maximum absolute atomic E-state index is 12.6. The van der Waals surface area contributed by atoms with Gasteiger partial charge in [-0.1, -0.05) is 41.5 Å². The summed E-state index contributed by atoms with van der Waals surface area (Å²) in [6, 6.07) is 0. The molecule has 2 fully saturated rings. The van der Waals surface area contributed by atoms with Crippen LogP contribution in [-0.2, 0) is 19.1 Å². The number of ether oxygens (including phenoxy) is 2. The van der Waals surface area contributed by atoms with Crippen molar-refractivity contribution in [2.45, 2.75) is 60.5 Å². The van der Waals surface area contributed by atoms with E-state index in [4.69, 9.17) is 9.47 Å². The Balaban J connectivity index is 2.12. The zero-order valence-corrected chi connectivity index (χ0v) is 13.4. The molecule has 0 bridgehead atoms. The smallest absolute Gasteiger partial charge is 0.347 e. The maximum Gasteiger partial charge on any atom is 0.347 e. The van der Waals surface area contributed by atoms with Gasteiger partial charge >= 0.3 is 11.9 Å². The van der Waals surface area contributed by atoms with Crippen LogP contribution in [0.1, 0.15) is 54.4 Å². The Morgan fingerprint density at radius 3 is 2.30 bits per heavy atom. The SMILES string of the molecule is CC1COC(=O)C1OC(=O)C1(CC(C)(C)C)CC1(C)C. The van der Waals surface area contributed by atoms with Gasteiger partial charge in [-0.05, 0) is 23.7 Å². The molecule has 0 amide bonds. The second-order valence-electron chi connectivity index (χ2n) is 8.31. The molecule has 0 aromatic rings. The topological polar surface area (TPSA) is 52.6 Å². The molecule has 1 saturated heterocycles. The first-order valence-corrected chi connectivity index (χ1v) is 7.36. The van der Waals surface area contributed by atoms with E-state index in [2.05, 4.69) is 34.6 Å². The van der Waals surface area contributed by atoms with Crippen LogP contribution in [0.25, 0.3) is 0 Å². The molecule has 4 nitrogen and oxygen atoms in total. The van der Waals surface area contributed by atoms with Gasteiger partial charge in [-0.2, -0.15) is 0 Å². The molecule has 1 aliphatic carbocycles. The third kappa shape index (κ3) is 2.57. The molecule has 0 radical (unpaired) electrons. The lowest BCUT2D eigenvalue weighted by Gasteiger charge is -2.28. The molecule has 2 aliphatic rings. The van der Waals surface area contributed by atoms with Gasteiger partial charge in [-0.25, -0.2) is 4.79 Å². The van der Waals surface area contributed by atoms with Crippen LogP contribution in [0.2, 0.25) is 0 Å². The molecule has 1 heterocycles. The number of hydrogen-bond acceptors (Lipinski definition) is 4. The Kier molecular flexibility index (Phi) is 3.43. The van der Waals surface area contributed by atoms with Gasteiger partial charge in [0.2, 0.25) is 6.10 Å². The summed E-state index contributed by atoms with van der Waals surface area (Å²) in [4.78, 5) is 24.3. The number of hydrogen-bond donors (Lipinski definition) is 0. The van der Waals surface area contributed by atoms with E-state index in [-0.39, 0.29) is 22.7 Å². The van der Waals surface area contributed by atoms with Crippen LogP contribution in [-0.4, -0.2) is 24.6 Å². The van der Waals surface area contributed by atoms with Crippen LogP contribution >= 0.6 is 0 Å². The Hall–Kier alpha value is -1.06. The van der Waals surface area contributed by atoms with Crippen molar-refractivity contribution in [1.29, 1.82) is 0 Å².